The number of hydrogen-bond donors (Lipinski definition) is 1. The predicted molar refractivity (Wildman–Crippen MR) is 78.4 cm³/mol. The number of benzene rings is 2. The van der Waals surface area contributed by atoms with E-state index in [1.54, 1.807) is 0 Å². The Labute approximate surface area is 135 Å². The average molecular weight is 347 g/mol. The van der Waals surface area contributed by atoms with Gasteiger partial charge in [0.25, 0.3) is 0 Å². The monoisotopic (exact) mass is 347 g/mol. The lowest BCUT2D eigenvalue weighted by atomic mass is 9.97. The molecule has 2 N–H and O–H groups in total. The van der Waals surface area contributed by atoms with Crippen LogP contribution in [0.4, 0.5) is 26.3 Å². The third-order valence-corrected chi connectivity index (χ3v) is 3.49. The number of rotatable bonds is 4. The minimum absolute atomic E-state index is 0.124. The van der Waals surface area contributed by atoms with Gasteiger partial charge < -0.3 is 5.73 Å². The zero-order valence-corrected chi connectivity index (χ0v) is 12.5. The van der Waals surface area contributed by atoms with Crippen LogP contribution in [0.15, 0.2) is 48.5 Å². The van der Waals surface area contributed by atoms with Crippen LogP contribution in [0.5, 0.6) is 0 Å². The SMILES string of the molecule is NC(c1ccc(CC(F)(F)F)cc1)c1ccc(CC(F)(F)F)cc1. The van der Waals surface area contributed by atoms with Crippen molar-refractivity contribution < 1.29 is 26.3 Å². The summed E-state index contributed by atoms with van der Waals surface area (Å²) in [6.45, 7) is 0. The summed E-state index contributed by atoms with van der Waals surface area (Å²) in [6, 6.07) is 10.8. The molecule has 0 unspecified atom stereocenters. The number of nitrogens with two attached hydrogens (primary N) is 1. The lowest BCUT2D eigenvalue weighted by molar-refractivity contribution is -0.128. The van der Waals surface area contributed by atoms with E-state index < -0.39 is 31.2 Å². The maximum Gasteiger partial charge on any atom is 0.393 e. The molecule has 0 saturated carbocycles. The first-order valence-corrected chi connectivity index (χ1v) is 7.10. The molecule has 2 aromatic carbocycles. The van der Waals surface area contributed by atoms with Crippen molar-refractivity contribution in [3.8, 4) is 0 Å². The molecular formula is C17H15F6N. The molecule has 2 rings (SSSR count). The molecule has 0 spiro atoms. The van der Waals surface area contributed by atoms with Crippen molar-refractivity contribution in [2.24, 2.45) is 5.73 Å². The van der Waals surface area contributed by atoms with Crippen LogP contribution in [0.2, 0.25) is 0 Å². The smallest absolute Gasteiger partial charge is 0.320 e. The molecule has 2 aromatic rings. The highest BCUT2D eigenvalue weighted by Crippen LogP contribution is 2.26. The quantitative estimate of drug-likeness (QED) is 0.779. The largest absolute Gasteiger partial charge is 0.393 e. The highest BCUT2D eigenvalue weighted by atomic mass is 19.4. The average Bonchev–Trinajstić information content (AvgIpc) is 2.45. The van der Waals surface area contributed by atoms with Gasteiger partial charge in [0.1, 0.15) is 0 Å². The van der Waals surface area contributed by atoms with Gasteiger partial charge >= 0.3 is 12.4 Å². The fraction of sp³-hybridized carbons (Fsp3) is 0.294. The highest BCUT2D eigenvalue weighted by molar-refractivity contribution is 5.35. The Balaban J connectivity index is 2.09. The normalized spacial score (nSPS) is 12.7. The first-order valence-electron chi connectivity index (χ1n) is 7.10. The topological polar surface area (TPSA) is 26.0 Å². The van der Waals surface area contributed by atoms with Crippen molar-refractivity contribution in [2.45, 2.75) is 31.2 Å². The first-order chi connectivity index (χ1) is 11.0. The molecule has 0 heterocycles. The Morgan fingerprint density at radius 1 is 0.625 bits per heavy atom. The van der Waals surface area contributed by atoms with E-state index in [2.05, 4.69) is 0 Å². The molecule has 0 fully saturated rings. The number of hydrogen-bond acceptors (Lipinski definition) is 1. The van der Waals surface area contributed by atoms with Crippen LogP contribution in [0.3, 0.4) is 0 Å². The predicted octanol–water partition coefficient (Wildman–Crippen LogP) is 4.94. The molecule has 130 valence electrons. The Kier molecular flexibility index (Phi) is 5.22. The summed E-state index contributed by atoms with van der Waals surface area (Å²) in [7, 11) is 0. The van der Waals surface area contributed by atoms with Gasteiger partial charge in [-0.15, -0.1) is 0 Å². The van der Waals surface area contributed by atoms with Gasteiger partial charge in [-0.2, -0.15) is 26.3 Å². The fourth-order valence-corrected chi connectivity index (χ4v) is 2.34. The van der Waals surface area contributed by atoms with Gasteiger partial charge in [-0.3, -0.25) is 0 Å². The van der Waals surface area contributed by atoms with Gasteiger partial charge in [0.05, 0.1) is 18.9 Å². The van der Waals surface area contributed by atoms with Gasteiger partial charge in [0.2, 0.25) is 0 Å². The summed E-state index contributed by atoms with van der Waals surface area (Å²) in [5.41, 5.74) is 7.45. The second-order valence-electron chi connectivity index (χ2n) is 5.54. The molecular weight excluding hydrogens is 332 g/mol. The second kappa shape index (κ2) is 6.84. The molecule has 0 radical (unpaired) electrons. The van der Waals surface area contributed by atoms with E-state index in [0.29, 0.717) is 11.1 Å². The second-order valence-corrected chi connectivity index (χ2v) is 5.54. The summed E-state index contributed by atoms with van der Waals surface area (Å²) >= 11 is 0. The zero-order valence-electron chi connectivity index (χ0n) is 12.5. The molecule has 0 atom stereocenters. The van der Waals surface area contributed by atoms with Crippen LogP contribution in [0.1, 0.15) is 28.3 Å². The van der Waals surface area contributed by atoms with Crippen molar-refractivity contribution in [1.29, 1.82) is 0 Å². The maximum absolute atomic E-state index is 12.3. The summed E-state index contributed by atoms with van der Waals surface area (Å²) < 4.78 is 73.9. The minimum Gasteiger partial charge on any atom is -0.320 e. The van der Waals surface area contributed by atoms with Gasteiger partial charge in [0.15, 0.2) is 0 Å². The molecule has 24 heavy (non-hydrogen) atoms. The van der Waals surface area contributed by atoms with E-state index in [4.69, 9.17) is 5.73 Å². The van der Waals surface area contributed by atoms with E-state index >= 15 is 0 Å². The third-order valence-electron chi connectivity index (χ3n) is 3.49. The molecule has 1 nitrogen and oxygen atoms in total. The Hall–Kier alpha value is -2.02. The summed E-state index contributed by atoms with van der Waals surface area (Å²) in [6.07, 6.45) is -10.6. The molecule has 0 aromatic heterocycles. The Morgan fingerprint density at radius 2 is 0.917 bits per heavy atom. The van der Waals surface area contributed by atoms with Crippen LogP contribution >= 0.6 is 0 Å². The molecule has 0 aliphatic rings. The van der Waals surface area contributed by atoms with E-state index in [1.165, 1.54) is 48.5 Å². The van der Waals surface area contributed by atoms with Crippen LogP contribution < -0.4 is 5.73 Å². The van der Waals surface area contributed by atoms with Crippen LogP contribution in [-0.4, -0.2) is 12.4 Å². The van der Waals surface area contributed by atoms with E-state index in [-0.39, 0.29) is 11.1 Å². The van der Waals surface area contributed by atoms with E-state index in [9.17, 15) is 26.3 Å². The van der Waals surface area contributed by atoms with Crippen molar-refractivity contribution in [2.75, 3.05) is 0 Å². The maximum atomic E-state index is 12.3. The summed E-state index contributed by atoms with van der Waals surface area (Å²) in [4.78, 5) is 0. The molecule has 0 saturated heterocycles. The first kappa shape index (κ1) is 18.3. The summed E-state index contributed by atoms with van der Waals surface area (Å²) in [5.74, 6) is 0. The number of alkyl halides is 6. The van der Waals surface area contributed by atoms with Gasteiger partial charge in [-0.25, -0.2) is 0 Å². The lowest BCUT2D eigenvalue weighted by Gasteiger charge is -2.15. The zero-order chi connectivity index (χ0) is 18.0. The molecule has 0 bridgehead atoms. The van der Waals surface area contributed by atoms with Crippen molar-refractivity contribution in [1.82, 2.24) is 0 Å². The van der Waals surface area contributed by atoms with Crippen molar-refractivity contribution >= 4 is 0 Å². The van der Waals surface area contributed by atoms with Crippen LogP contribution in [-0.2, 0) is 12.8 Å². The molecule has 0 aliphatic heterocycles. The van der Waals surface area contributed by atoms with E-state index in [1.807, 2.05) is 0 Å². The molecule has 0 amide bonds. The third kappa shape index (κ3) is 5.56. The summed E-state index contributed by atoms with van der Waals surface area (Å²) in [5, 5.41) is 0. The molecule has 7 heteroatoms. The van der Waals surface area contributed by atoms with Gasteiger partial charge in [0, 0.05) is 0 Å². The lowest BCUT2D eigenvalue weighted by Crippen LogP contribution is -2.14. The van der Waals surface area contributed by atoms with Gasteiger partial charge in [-0.05, 0) is 22.3 Å². The minimum atomic E-state index is -4.28. The number of halogens is 6. The van der Waals surface area contributed by atoms with Crippen molar-refractivity contribution in [3.05, 3.63) is 70.8 Å². The molecule has 0 aliphatic carbocycles. The Bertz CT molecular complexity index is 596. The standard InChI is InChI=1S/C17H15F6N/c18-16(19,20)9-11-1-5-13(6-2-11)15(24)14-7-3-12(4-8-14)10-17(21,22)23/h1-8,15H,9-10,24H2. The Morgan fingerprint density at radius 3 is 1.17 bits per heavy atom. The van der Waals surface area contributed by atoms with Crippen molar-refractivity contribution in [3.63, 3.8) is 0 Å². The van der Waals surface area contributed by atoms with E-state index in [0.717, 1.165) is 0 Å². The van der Waals surface area contributed by atoms with Crippen LogP contribution in [0.25, 0.3) is 0 Å². The van der Waals surface area contributed by atoms with Crippen LogP contribution in [0, 0.1) is 0 Å². The fourth-order valence-electron chi connectivity index (χ4n) is 2.34. The highest BCUT2D eigenvalue weighted by Gasteiger charge is 2.28. The van der Waals surface area contributed by atoms with Gasteiger partial charge in [-0.1, -0.05) is 48.5 Å².